The fourth-order valence-electron chi connectivity index (χ4n) is 1.91. The van der Waals surface area contributed by atoms with Gasteiger partial charge in [-0.1, -0.05) is 29.8 Å². The van der Waals surface area contributed by atoms with E-state index in [1.165, 1.54) is 0 Å². The highest BCUT2D eigenvalue weighted by molar-refractivity contribution is 6.30. The molecule has 0 aliphatic carbocycles. The molecule has 1 aromatic heterocycles. The van der Waals surface area contributed by atoms with Gasteiger partial charge in [0.2, 0.25) is 0 Å². The highest BCUT2D eigenvalue weighted by atomic mass is 35.5. The summed E-state index contributed by atoms with van der Waals surface area (Å²) in [6, 6.07) is 9.42. The van der Waals surface area contributed by atoms with Crippen molar-refractivity contribution in [2.75, 3.05) is 6.61 Å². The molecule has 0 bridgehead atoms. The zero-order valence-corrected chi connectivity index (χ0v) is 9.57. The summed E-state index contributed by atoms with van der Waals surface area (Å²) in [6.07, 6.45) is -0.417. The monoisotopic (exact) mass is 248 g/mol. The first-order chi connectivity index (χ1) is 8.24. The molecule has 0 unspecified atom stereocenters. The molecule has 2 heterocycles. The number of para-hydroxylation sites is 1. The van der Waals surface area contributed by atoms with Gasteiger partial charge in [-0.2, -0.15) is 0 Å². The third-order valence-corrected chi connectivity index (χ3v) is 3.06. The number of hydrogen-bond donors (Lipinski definition) is 1. The van der Waals surface area contributed by atoms with Crippen LogP contribution in [0.15, 0.2) is 30.3 Å². The number of fused-ring (bicyclic) bond motifs is 1. The molecule has 1 atom stereocenters. The predicted molar refractivity (Wildman–Crippen MR) is 64.0 cm³/mol. The minimum absolute atomic E-state index is 0.216. The van der Waals surface area contributed by atoms with E-state index in [9.17, 15) is 4.79 Å². The van der Waals surface area contributed by atoms with Crippen molar-refractivity contribution in [1.29, 1.82) is 0 Å². The topological polar surface area (TPSA) is 51.2 Å². The first-order valence-corrected chi connectivity index (χ1v) is 5.60. The number of carbonyl (C=O) groups is 1. The van der Waals surface area contributed by atoms with E-state index < -0.39 is 6.09 Å². The van der Waals surface area contributed by atoms with Gasteiger partial charge in [0.05, 0.1) is 11.6 Å². The molecular formula is C12H9ClN2O2. The molecule has 0 radical (unpaired) electrons. The van der Waals surface area contributed by atoms with Crippen LogP contribution >= 0.6 is 11.6 Å². The summed E-state index contributed by atoms with van der Waals surface area (Å²) < 4.78 is 4.85. The first kappa shape index (κ1) is 10.4. The van der Waals surface area contributed by atoms with Crippen LogP contribution in [-0.4, -0.2) is 17.7 Å². The Hall–Kier alpha value is -1.81. The maximum atomic E-state index is 11.0. The summed E-state index contributed by atoms with van der Waals surface area (Å²) in [5.41, 5.74) is 1.63. The Bertz CT molecular complexity index is 600. The molecule has 17 heavy (non-hydrogen) atoms. The number of ether oxygens (including phenoxy) is 1. The molecule has 1 fully saturated rings. The van der Waals surface area contributed by atoms with Crippen LogP contribution < -0.4 is 5.32 Å². The Labute approximate surface area is 103 Å². The van der Waals surface area contributed by atoms with Crippen LogP contribution in [0.3, 0.4) is 0 Å². The number of pyridine rings is 1. The van der Waals surface area contributed by atoms with Gasteiger partial charge >= 0.3 is 6.09 Å². The van der Waals surface area contributed by atoms with Crippen molar-refractivity contribution >= 4 is 28.6 Å². The molecule has 1 aliphatic rings. The van der Waals surface area contributed by atoms with Crippen LogP contribution in [-0.2, 0) is 4.74 Å². The van der Waals surface area contributed by atoms with Crippen LogP contribution in [0.1, 0.15) is 11.6 Å². The van der Waals surface area contributed by atoms with Crippen molar-refractivity contribution in [2.24, 2.45) is 0 Å². The van der Waals surface area contributed by atoms with Crippen molar-refractivity contribution in [2.45, 2.75) is 6.04 Å². The Morgan fingerprint density at radius 1 is 1.41 bits per heavy atom. The van der Waals surface area contributed by atoms with Gasteiger partial charge in [-0.25, -0.2) is 9.78 Å². The number of rotatable bonds is 1. The molecule has 1 aliphatic heterocycles. The second kappa shape index (κ2) is 3.89. The van der Waals surface area contributed by atoms with Crippen LogP contribution in [0, 0.1) is 0 Å². The van der Waals surface area contributed by atoms with Crippen molar-refractivity contribution in [3.05, 3.63) is 41.0 Å². The van der Waals surface area contributed by atoms with E-state index in [-0.39, 0.29) is 6.04 Å². The largest absolute Gasteiger partial charge is 0.447 e. The lowest BCUT2D eigenvalue weighted by Crippen LogP contribution is -2.18. The van der Waals surface area contributed by atoms with Crippen LogP contribution in [0.5, 0.6) is 0 Å². The number of benzene rings is 1. The van der Waals surface area contributed by atoms with Crippen molar-refractivity contribution in [3.63, 3.8) is 0 Å². The van der Waals surface area contributed by atoms with Gasteiger partial charge in [-0.15, -0.1) is 0 Å². The minimum atomic E-state index is -0.417. The van der Waals surface area contributed by atoms with E-state index in [0.29, 0.717) is 11.8 Å². The van der Waals surface area contributed by atoms with E-state index >= 15 is 0 Å². The number of nitrogens with one attached hydrogen (secondary N) is 1. The first-order valence-electron chi connectivity index (χ1n) is 5.22. The van der Waals surface area contributed by atoms with Gasteiger partial charge in [-0.05, 0) is 12.1 Å². The summed E-state index contributed by atoms with van der Waals surface area (Å²) in [4.78, 5) is 15.3. The number of aromatic nitrogens is 1. The van der Waals surface area contributed by atoms with Gasteiger partial charge in [0.15, 0.2) is 0 Å². The predicted octanol–water partition coefficient (Wildman–Crippen LogP) is 2.67. The van der Waals surface area contributed by atoms with Gasteiger partial charge in [-0.3, -0.25) is 0 Å². The molecule has 4 nitrogen and oxygen atoms in total. The molecule has 86 valence electrons. The maximum Gasteiger partial charge on any atom is 0.407 e. The fourth-order valence-corrected chi connectivity index (χ4v) is 2.18. The highest BCUT2D eigenvalue weighted by Gasteiger charge is 2.26. The van der Waals surface area contributed by atoms with Gasteiger partial charge < -0.3 is 10.1 Å². The van der Waals surface area contributed by atoms with Gasteiger partial charge in [0.25, 0.3) is 0 Å². The number of nitrogens with zero attached hydrogens (tertiary/aromatic N) is 1. The Kier molecular flexibility index (Phi) is 2.37. The van der Waals surface area contributed by atoms with Gasteiger partial charge in [0, 0.05) is 10.9 Å². The van der Waals surface area contributed by atoms with Gasteiger partial charge in [0.1, 0.15) is 11.8 Å². The van der Waals surface area contributed by atoms with Crippen LogP contribution in [0.2, 0.25) is 5.15 Å². The highest BCUT2D eigenvalue weighted by Crippen LogP contribution is 2.27. The molecule has 1 amide bonds. The second-order valence-corrected chi connectivity index (χ2v) is 4.21. The summed E-state index contributed by atoms with van der Waals surface area (Å²) in [5, 5.41) is 4.09. The lowest BCUT2D eigenvalue weighted by atomic mass is 10.1. The second-order valence-electron chi connectivity index (χ2n) is 3.86. The number of cyclic esters (lactones) is 1. The molecule has 3 rings (SSSR count). The van der Waals surface area contributed by atoms with Crippen molar-refractivity contribution in [3.8, 4) is 0 Å². The molecular weight excluding hydrogens is 240 g/mol. The lowest BCUT2D eigenvalue weighted by Gasteiger charge is -2.10. The summed E-state index contributed by atoms with van der Waals surface area (Å²) in [6.45, 7) is 0.290. The minimum Gasteiger partial charge on any atom is -0.447 e. The lowest BCUT2D eigenvalue weighted by molar-refractivity contribution is 0.177. The number of amides is 1. The Balaban J connectivity index is 2.10. The van der Waals surface area contributed by atoms with Crippen molar-refractivity contribution in [1.82, 2.24) is 10.3 Å². The molecule has 0 saturated carbocycles. The molecule has 2 aromatic rings. The normalized spacial score (nSPS) is 19.1. The average Bonchev–Trinajstić information content (AvgIpc) is 2.75. The quantitative estimate of drug-likeness (QED) is 0.790. The summed E-state index contributed by atoms with van der Waals surface area (Å²) in [7, 11) is 0. The molecule has 5 heteroatoms. The molecule has 1 aromatic carbocycles. The van der Waals surface area contributed by atoms with Crippen molar-refractivity contribution < 1.29 is 9.53 Å². The van der Waals surface area contributed by atoms with E-state index in [2.05, 4.69) is 10.3 Å². The van der Waals surface area contributed by atoms with E-state index in [1.54, 1.807) is 0 Å². The standard InChI is InChI=1S/C12H9ClN2O2/c13-11-8(10-6-17-12(16)15-10)5-7-3-1-2-4-9(7)14-11/h1-5,10H,6H2,(H,15,16)/t10-/m1/s1. The van der Waals surface area contributed by atoms with E-state index in [1.807, 2.05) is 30.3 Å². The molecule has 1 saturated heterocycles. The SMILES string of the molecule is O=C1N[C@@H](c2cc3ccccc3nc2Cl)CO1. The number of alkyl carbamates (subject to hydrolysis) is 1. The number of carbonyl (C=O) groups excluding carboxylic acids is 1. The molecule has 1 N–H and O–H groups in total. The fraction of sp³-hybridized carbons (Fsp3) is 0.167. The van der Waals surface area contributed by atoms with E-state index in [4.69, 9.17) is 16.3 Å². The summed E-state index contributed by atoms with van der Waals surface area (Å²) in [5.74, 6) is 0. The zero-order chi connectivity index (χ0) is 11.8. The zero-order valence-electron chi connectivity index (χ0n) is 8.81. The third kappa shape index (κ3) is 1.80. The van der Waals surface area contributed by atoms with Crippen LogP contribution in [0.4, 0.5) is 4.79 Å². The van der Waals surface area contributed by atoms with Crippen LogP contribution in [0.25, 0.3) is 10.9 Å². The average molecular weight is 249 g/mol. The smallest absolute Gasteiger partial charge is 0.407 e. The Morgan fingerprint density at radius 2 is 2.24 bits per heavy atom. The molecule has 0 spiro atoms. The third-order valence-electron chi connectivity index (χ3n) is 2.75. The maximum absolute atomic E-state index is 11.0. The number of hydrogen-bond acceptors (Lipinski definition) is 3. The van der Waals surface area contributed by atoms with E-state index in [0.717, 1.165) is 16.5 Å². The summed E-state index contributed by atoms with van der Waals surface area (Å²) >= 11 is 6.11. The number of halogens is 1. The Morgan fingerprint density at radius 3 is 3.00 bits per heavy atom.